The molecule has 11 heteroatoms. The third kappa shape index (κ3) is 3.61. The average molecular weight is 402 g/mol. The van der Waals surface area contributed by atoms with Crippen molar-refractivity contribution in [3.63, 3.8) is 0 Å². The molecular weight excluding hydrogens is 382 g/mol. The first-order chi connectivity index (χ1) is 12.8. The first-order valence-corrected chi connectivity index (χ1v) is 9.22. The molecule has 0 saturated carbocycles. The van der Waals surface area contributed by atoms with Gasteiger partial charge in [-0.2, -0.15) is 0 Å². The predicted molar refractivity (Wildman–Crippen MR) is 96.8 cm³/mol. The molecule has 3 heterocycles. The molecule has 0 aromatic carbocycles. The third-order valence-corrected chi connectivity index (χ3v) is 5.81. The minimum absolute atomic E-state index is 0.138. The van der Waals surface area contributed by atoms with Gasteiger partial charge in [0.2, 0.25) is 0 Å². The quantitative estimate of drug-likeness (QED) is 0.748. The molecule has 3 rings (SSSR count). The highest BCUT2D eigenvalue weighted by Crippen LogP contribution is 2.29. The number of ether oxygens (including phenoxy) is 1. The Kier molecular flexibility index (Phi) is 5.61. The van der Waals surface area contributed by atoms with Gasteiger partial charge in [-0.05, 0) is 12.5 Å². The van der Waals surface area contributed by atoms with Gasteiger partial charge in [0.1, 0.15) is 4.83 Å². The number of halogens is 2. The molecule has 1 aliphatic rings. The van der Waals surface area contributed by atoms with E-state index in [1.165, 1.54) is 23.0 Å². The number of aryl methyl sites for hydroxylation is 1. The van der Waals surface area contributed by atoms with Gasteiger partial charge in [-0.1, -0.05) is 0 Å². The van der Waals surface area contributed by atoms with Crippen LogP contribution in [0, 0.1) is 6.92 Å². The maximum absolute atomic E-state index is 12.9. The Bertz CT molecular complexity index is 981. The second-order valence-electron chi connectivity index (χ2n) is 6.22. The molecule has 2 amide bonds. The van der Waals surface area contributed by atoms with Gasteiger partial charge < -0.3 is 15.0 Å². The molecule has 0 spiro atoms. The van der Waals surface area contributed by atoms with Gasteiger partial charge in [0.05, 0.1) is 31.6 Å². The SMILES string of the molecule is COCCn1c(=O)n(CC(F)F)c(=O)c2c(C)c(CN3CCNC3=O)sc21. The summed E-state index contributed by atoms with van der Waals surface area (Å²) in [4.78, 5) is 40.0. The number of amides is 2. The third-order valence-electron chi connectivity index (χ3n) is 4.51. The molecule has 1 aliphatic heterocycles. The number of methoxy groups -OCH3 is 1. The topological polar surface area (TPSA) is 85.6 Å². The molecule has 1 saturated heterocycles. The van der Waals surface area contributed by atoms with Crippen molar-refractivity contribution in [3.8, 4) is 0 Å². The van der Waals surface area contributed by atoms with E-state index in [9.17, 15) is 23.2 Å². The number of aromatic nitrogens is 2. The fourth-order valence-electron chi connectivity index (χ4n) is 3.11. The van der Waals surface area contributed by atoms with Gasteiger partial charge in [0.15, 0.2) is 0 Å². The van der Waals surface area contributed by atoms with Gasteiger partial charge in [-0.15, -0.1) is 11.3 Å². The van der Waals surface area contributed by atoms with Crippen LogP contribution in [0.3, 0.4) is 0 Å². The van der Waals surface area contributed by atoms with Crippen molar-refractivity contribution < 1.29 is 18.3 Å². The summed E-state index contributed by atoms with van der Waals surface area (Å²) in [5.41, 5.74) is -0.903. The molecule has 0 radical (unpaired) electrons. The summed E-state index contributed by atoms with van der Waals surface area (Å²) in [7, 11) is 1.47. The summed E-state index contributed by atoms with van der Waals surface area (Å²) in [6.45, 7) is 2.47. The molecule has 27 heavy (non-hydrogen) atoms. The van der Waals surface area contributed by atoms with E-state index in [4.69, 9.17) is 4.74 Å². The first kappa shape index (κ1) is 19.5. The van der Waals surface area contributed by atoms with Gasteiger partial charge in [0, 0.05) is 25.1 Å². The van der Waals surface area contributed by atoms with Crippen molar-refractivity contribution in [1.82, 2.24) is 19.4 Å². The summed E-state index contributed by atoms with van der Waals surface area (Å²) >= 11 is 1.23. The second kappa shape index (κ2) is 7.77. The van der Waals surface area contributed by atoms with Crippen LogP contribution in [-0.2, 0) is 24.4 Å². The Morgan fingerprint density at radius 2 is 2.00 bits per heavy atom. The minimum Gasteiger partial charge on any atom is -0.383 e. The summed E-state index contributed by atoms with van der Waals surface area (Å²) in [6, 6.07) is -0.196. The zero-order chi connectivity index (χ0) is 19.7. The molecule has 8 nitrogen and oxygen atoms in total. The number of fused-ring (bicyclic) bond motifs is 1. The zero-order valence-electron chi connectivity index (χ0n) is 15.0. The number of hydrogen-bond donors (Lipinski definition) is 1. The van der Waals surface area contributed by atoms with Crippen molar-refractivity contribution in [2.75, 3.05) is 26.8 Å². The Labute approximate surface area is 156 Å². The largest absolute Gasteiger partial charge is 0.383 e. The zero-order valence-corrected chi connectivity index (χ0v) is 15.8. The molecular formula is C16H20F2N4O4S. The van der Waals surface area contributed by atoms with Gasteiger partial charge in [-0.3, -0.25) is 13.9 Å². The summed E-state index contributed by atoms with van der Waals surface area (Å²) in [6.07, 6.45) is -2.82. The maximum atomic E-state index is 12.9. The van der Waals surface area contributed by atoms with Crippen LogP contribution >= 0.6 is 11.3 Å². The van der Waals surface area contributed by atoms with Crippen LogP contribution in [0.15, 0.2) is 9.59 Å². The monoisotopic (exact) mass is 402 g/mol. The molecule has 0 bridgehead atoms. The lowest BCUT2D eigenvalue weighted by molar-refractivity contribution is 0.122. The number of carbonyl (C=O) groups is 1. The second-order valence-corrected chi connectivity index (χ2v) is 7.30. The van der Waals surface area contributed by atoms with Crippen LogP contribution in [0.1, 0.15) is 10.4 Å². The number of urea groups is 1. The fraction of sp³-hybridized carbons (Fsp3) is 0.562. The van der Waals surface area contributed by atoms with E-state index in [1.807, 2.05) is 0 Å². The highest BCUT2D eigenvalue weighted by molar-refractivity contribution is 7.18. The highest BCUT2D eigenvalue weighted by atomic mass is 32.1. The van der Waals surface area contributed by atoms with Gasteiger partial charge in [0.25, 0.3) is 12.0 Å². The van der Waals surface area contributed by atoms with Gasteiger partial charge in [-0.25, -0.2) is 18.4 Å². The normalized spacial score (nSPS) is 14.6. The molecule has 1 N–H and O–H groups in total. The van der Waals surface area contributed by atoms with Crippen LogP contribution < -0.4 is 16.6 Å². The van der Waals surface area contributed by atoms with Crippen LogP contribution in [0.25, 0.3) is 10.2 Å². The lowest BCUT2D eigenvalue weighted by Crippen LogP contribution is -2.41. The number of alkyl halides is 2. The summed E-state index contributed by atoms with van der Waals surface area (Å²) in [5.74, 6) is 0. The predicted octanol–water partition coefficient (Wildman–Crippen LogP) is 0.970. The smallest absolute Gasteiger partial charge is 0.332 e. The molecule has 148 valence electrons. The molecule has 2 aromatic rings. The van der Waals surface area contributed by atoms with Crippen LogP contribution in [0.2, 0.25) is 0 Å². The van der Waals surface area contributed by atoms with Crippen molar-refractivity contribution in [2.24, 2.45) is 0 Å². The molecule has 0 atom stereocenters. The molecule has 0 aliphatic carbocycles. The summed E-state index contributed by atoms with van der Waals surface area (Å²) < 4.78 is 32.7. The van der Waals surface area contributed by atoms with Crippen LogP contribution in [-0.4, -0.2) is 53.3 Å². The van der Waals surface area contributed by atoms with Crippen molar-refractivity contribution >= 4 is 27.6 Å². The summed E-state index contributed by atoms with van der Waals surface area (Å²) in [5, 5.41) is 2.95. The number of thiophene rings is 1. The minimum atomic E-state index is -2.82. The number of nitrogens with one attached hydrogen (secondary N) is 1. The lowest BCUT2D eigenvalue weighted by Gasteiger charge is -2.12. The van der Waals surface area contributed by atoms with Gasteiger partial charge >= 0.3 is 11.7 Å². The average Bonchev–Trinajstić information content (AvgIpc) is 3.16. The van der Waals surface area contributed by atoms with Crippen LogP contribution in [0.4, 0.5) is 13.6 Å². The van der Waals surface area contributed by atoms with E-state index in [-0.39, 0.29) is 24.6 Å². The first-order valence-electron chi connectivity index (χ1n) is 8.40. The maximum Gasteiger partial charge on any atom is 0.332 e. The van der Waals surface area contributed by atoms with E-state index >= 15 is 0 Å². The molecule has 0 unspecified atom stereocenters. The fourth-order valence-corrected chi connectivity index (χ4v) is 4.44. The molecule has 2 aromatic heterocycles. The van der Waals surface area contributed by atoms with E-state index in [0.717, 1.165) is 4.88 Å². The number of carbonyl (C=O) groups excluding carboxylic acids is 1. The number of hydrogen-bond acceptors (Lipinski definition) is 5. The van der Waals surface area contributed by atoms with E-state index in [0.29, 0.717) is 34.6 Å². The number of rotatable bonds is 7. The van der Waals surface area contributed by atoms with Crippen molar-refractivity contribution in [1.29, 1.82) is 0 Å². The number of nitrogens with zero attached hydrogens (tertiary/aromatic N) is 3. The Hall–Kier alpha value is -2.27. The van der Waals surface area contributed by atoms with E-state index in [1.54, 1.807) is 11.8 Å². The molecule has 1 fully saturated rings. The lowest BCUT2D eigenvalue weighted by atomic mass is 10.2. The van der Waals surface area contributed by atoms with Crippen molar-refractivity contribution in [3.05, 3.63) is 31.3 Å². The standard InChI is InChI=1S/C16H20F2N4O4S/c1-9-10(7-20-4-3-19-15(20)24)27-14-12(9)13(23)22(8-11(17)18)16(25)21(14)5-6-26-2/h11H,3-8H2,1-2H3,(H,19,24). The Balaban J connectivity index is 2.18. The Morgan fingerprint density at radius 1 is 1.26 bits per heavy atom. The van der Waals surface area contributed by atoms with E-state index < -0.39 is 24.2 Å². The van der Waals surface area contributed by atoms with Crippen LogP contribution in [0.5, 0.6) is 0 Å². The highest BCUT2D eigenvalue weighted by Gasteiger charge is 2.25. The van der Waals surface area contributed by atoms with E-state index in [2.05, 4.69) is 5.32 Å². The Morgan fingerprint density at radius 3 is 2.59 bits per heavy atom. The van der Waals surface area contributed by atoms with Crippen molar-refractivity contribution in [2.45, 2.75) is 33.0 Å².